The molecular formula is C34H38FN7O4. The minimum absolute atomic E-state index is 0.149. The number of aromatic nitrogens is 4. The number of aliphatic carboxylic acids is 1. The number of nitrogens with one attached hydrogen (secondary N) is 1. The van der Waals surface area contributed by atoms with Gasteiger partial charge >= 0.3 is 5.97 Å². The summed E-state index contributed by atoms with van der Waals surface area (Å²) < 4.78 is 23.9. The fraction of sp³-hybridized carbons (Fsp3) is 0.441. The van der Waals surface area contributed by atoms with Crippen LogP contribution in [0.25, 0.3) is 16.8 Å². The highest BCUT2D eigenvalue weighted by molar-refractivity contribution is 6.04. The molecule has 2 saturated carbocycles. The maximum atomic E-state index is 15.8. The molecule has 0 bridgehead atoms. The molecule has 4 heterocycles. The summed E-state index contributed by atoms with van der Waals surface area (Å²) in [6, 6.07) is 8.49. The van der Waals surface area contributed by atoms with Crippen molar-refractivity contribution in [2.24, 2.45) is 5.41 Å². The van der Waals surface area contributed by atoms with Gasteiger partial charge in [-0.3, -0.25) is 18.9 Å². The first-order chi connectivity index (χ1) is 22.1. The lowest BCUT2D eigenvalue weighted by Crippen LogP contribution is -2.52. The average molecular weight is 628 g/mol. The van der Waals surface area contributed by atoms with Crippen molar-refractivity contribution in [3.05, 3.63) is 71.7 Å². The summed E-state index contributed by atoms with van der Waals surface area (Å²) in [7, 11) is 0. The van der Waals surface area contributed by atoms with E-state index in [1.807, 2.05) is 19.1 Å². The second-order valence-electron chi connectivity index (χ2n) is 13.2. The lowest BCUT2D eigenvalue weighted by atomic mass is 9.73. The third kappa shape index (κ3) is 5.60. The van der Waals surface area contributed by atoms with Crippen molar-refractivity contribution in [2.45, 2.75) is 76.5 Å². The Labute approximate surface area is 266 Å². The third-order valence-corrected chi connectivity index (χ3v) is 9.98. The number of amides is 1. The van der Waals surface area contributed by atoms with Crippen molar-refractivity contribution in [1.29, 1.82) is 0 Å². The van der Waals surface area contributed by atoms with E-state index < -0.39 is 29.2 Å². The van der Waals surface area contributed by atoms with Crippen molar-refractivity contribution < 1.29 is 23.8 Å². The van der Waals surface area contributed by atoms with Gasteiger partial charge in [-0.25, -0.2) is 19.3 Å². The molecule has 12 heteroatoms. The van der Waals surface area contributed by atoms with Crippen LogP contribution in [0.15, 0.2) is 48.9 Å². The normalized spacial score (nSPS) is 25.4. The molecule has 4 aromatic rings. The van der Waals surface area contributed by atoms with Gasteiger partial charge in [0.2, 0.25) is 0 Å². The van der Waals surface area contributed by atoms with E-state index in [9.17, 15) is 14.7 Å². The van der Waals surface area contributed by atoms with E-state index in [1.54, 1.807) is 29.1 Å². The standard InChI is InChI=1S/C34H38FN7O4/c1-19-18-46-26(17-42(19)23-7-10-34(2,11-8-23)33(44)45)31-40-28(29-30(36)38-13-14-41(29)31)24-6-5-22(15-25(24)35)32(43)39-27-16-21(9-12-37-27)20-3-4-20/h5-6,9,12-16,19-20,23,26H,3-4,7-8,10-11,17-18H2,1-2H3,(H2,36,38)(H,44,45)(H,37,39,43)/t19-,23?,26+,34?/m0/s1. The van der Waals surface area contributed by atoms with Crippen LogP contribution >= 0.6 is 0 Å². The summed E-state index contributed by atoms with van der Waals surface area (Å²) in [6.07, 6.45) is 9.64. The number of carbonyl (C=O) groups excluding carboxylic acids is 1. The van der Waals surface area contributed by atoms with Crippen LogP contribution in [0, 0.1) is 11.2 Å². The number of halogens is 1. The number of hydrogen-bond acceptors (Lipinski definition) is 8. The van der Waals surface area contributed by atoms with Gasteiger partial charge in [0.15, 0.2) is 0 Å². The summed E-state index contributed by atoms with van der Waals surface area (Å²) in [6.45, 7) is 4.97. The van der Waals surface area contributed by atoms with Gasteiger partial charge in [-0.15, -0.1) is 0 Å². The quantitative estimate of drug-likeness (QED) is 0.244. The molecule has 0 radical (unpaired) electrons. The van der Waals surface area contributed by atoms with E-state index in [0.29, 0.717) is 54.8 Å². The molecule has 11 nitrogen and oxygen atoms in total. The molecular weight excluding hydrogens is 589 g/mol. The Balaban J connectivity index is 1.15. The Bertz CT molecular complexity index is 1810. The predicted octanol–water partition coefficient (Wildman–Crippen LogP) is 5.44. The minimum Gasteiger partial charge on any atom is -0.481 e. The van der Waals surface area contributed by atoms with Crippen LogP contribution in [0.4, 0.5) is 16.0 Å². The SMILES string of the molecule is C[C@H]1CO[C@@H](c2nc(-c3ccc(C(=O)Nc4cc(C5CC5)ccn4)cc3F)c3c(N)nccn23)CN1C1CCC(C)(C(=O)O)CC1. The number of anilines is 2. The molecule has 1 amide bonds. The van der Waals surface area contributed by atoms with E-state index in [2.05, 4.69) is 27.1 Å². The Kier molecular flexibility index (Phi) is 7.72. The average Bonchev–Trinajstić information content (AvgIpc) is 3.83. The van der Waals surface area contributed by atoms with E-state index in [-0.39, 0.29) is 29.0 Å². The van der Waals surface area contributed by atoms with Crippen molar-refractivity contribution in [1.82, 2.24) is 24.3 Å². The highest BCUT2D eigenvalue weighted by atomic mass is 19.1. The van der Waals surface area contributed by atoms with Gasteiger partial charge in [0.1, 0.15) is 40.6 Å². The monoisotopic (exact) mass is 627 g/mol. The van der Waals surface area contributed by atoms with Gasteiger partial charge in [0.05, 0.1) is 12.0 Å². The largest absolute Gasteiger partial charge is 0.481 e. The number of imidazole rings is 1. The van der Waals surface area contributed by atoms with Gasteiger partial charge in [-0.05, 0) is 94.2 Å². The van der Waals surface area contributed by atoms with Crippen molar-refractivity contribution in [3.63, 3.8) is 0 Å². The molecule has 1 aromatic carbocycles. The number of nitrogen functional groups attached to an aromatic ring is 1. The number of nitrogens with two attached hydrogens (primary N) is 1. The van der Waals surface area contributed by atoms with Crippen molar-refractivity contribution >= 4 is 29.0 Å². The first-order valence-corrected chi connectivity index (χ1v) is 15.9. The van der Waals surface area contributed by atoms with E-state index in [4.69, 9.17) is 15.5 Å². The van der Waals surface area contributed by atoms with Crippen LogP contribution in [0.1, 0.15) is 86.1 Å². The zero-order valence-electron chi connectivity index (χ0n) is 25.9. The highest BCUT2D eigenvalue weighted by Crippen LogP contribution is 2.42. The molecule has 3 aliphatic rings. The van der Waals surface area contributed by atoms with Gasteiger partial charge in [-0.1, -0.05) is 0 Å². The number of carboxylic acid groups (broad SMARTS) is 1. The molecule has 7 rings (SSSR count). The molecule has 3 fully saturated rings. The molecule has 1 aliphatic heterocycles. The Morgan fingerprint density at radius 3 is 2.61 bits per heavy atom. The second kappa shape index (κ2) is 11.7. The lowest BCUT2D eigenvalue weighted by Gasteiger charge is -2.46. The predicted molar refractivity (Wildman–Crippen MR) is 170 cm³/mol. The first-order valence-electron chi connectivity index (χ1n) is 15.9. The van der Waals surface area contributed by atoms with Crippen LogP contribution < -0.4 is 11.1 Å². The highest BCUT2D eigenvalue weighted by Gasteiger charge is 2.42. The molecule has 0 unspecified atom stereocenters. The zero-order chi connectivity index (χ0) is 32.2. The number of morpholine rings is 1. The van der Waals surface area contributed by atoms with Crippen LogP contribution in [-0.2, 0) is 9.53 Å². The van der Waals surface area contributed by atoms with Crippen LogP contribution in [0.2, 0.25) is 0 Å². The van der Waals surface area contributed by atoms with Crippen molar-refractivity contribution in [3.8, 4) is 11.3 Å². The molecule has 4 N–H and O–H groups in total. The molecule has 2 atom stereocenters. The fourth-order valence-corrected chi connectivity index (χ4v) is 6.95. The van der Waals surface area contributed by atoms with Crippen molar-refractivity contribution in [2.75, 3.05) is 24.2 Å². The number of benzene rings is 1. The van der Waals surface area contributed by atoms with Gasteiger partial charge in [-0.2, -0.15) is 0 Å². The summed E-state index contributed by atoms with van der Waals surface area (Å²) >= 11 is 0. The Morgan fingerprint density at radius 2 is 1.89 bits per heavy atom. The number of carboxylic acids is 1. The number of hydrogen-bond donors (Lipinski definition) is 3. The number of carbonyl (C=O) groups is 2. The second-order valence-corrected chi connectivity index (χ2v) is 13.2. The number of rotatable bonds is 7. The fourth-order valence-electron chi connectivity index (χ4n) is 6.95. The summed E-state index contributed by atoms with van der Waals surface area (Å²) in [5.74, 6) is -0.102. The van der Waals surface area contributed by atoms with E-state index >= 15 is 4.39 Å². The van der Waals surface area contributed by atoms with Gasteiger partial charge < -0.3 is 20.9 Å². The number of nitrogens with zero attached hydrogens (tertiary/aromatic N) is 5. The molecule has 0 spiro atoms. The number of pyridine rings is 1. The first kappa shape index (κ1) is 30.2. The van der Waals surface area contributed by atoms with Gasteiger partial charge in [0.25, 0.3) is 5.91 Å². The zero-order valence-corrected chi connectivity index (χ0v) is 25.9. The Hall–Kier alpha value is -4.42. The van der Waals surface area contributed by atoms with Gasteiger partial charge in [0, 0.05) is 48.3 Å². The molecule has 1 saturated heterocycles. The molecule has 46 heavy (non-hydrogen) atoms. The topological polar surface area (TPSA) is 148 Å². The lowest BCUT2D eigenvalue weighted by molar-refractivity contribution is -0.151. The summed E-state index contributed by atoms with van der Waals surface area (Å²) in [4.78, 5) is 40.6. The molecule has 2 aliphatic carbocycles. The Morgan fingerprint density at radius 1 is 1.11 bits per heavy atom. The summed E-state index contributed by atoms with van der Waals surface area (Å²) in [5.41, 5.74) is 7.90. The minimum atomic E-state index is -0.738. The maximum absolute atomic E-state index is 15.8. The smallest absolute Gasteiger partial charge is 0.309 e. The number of fused-ring (bicyclic) bond motifs is 1. The van der Waals surface area contributed by atoms with E-state index in [1.165, 1.54) is 12.1 Å². The number of ether oxygens (including phenoxy) is 1. The van der Waals surface area contributed by atoms with Crippen LogP contribution in [0.3, 0.4) is 0 Å². The third-order valence-electron chi connectivity index (χ3n) is 9.98. The van der Waals surface area contributed by atoms with Crippen LogP contribution in [-0.4, -0.2) is 66.5 Å². The maximum Gasteiger partial charge on any atom is 0.309 e. The van der Waals surface area contributed by atoms with E-state index in [0.717, 1.165) is 31.2 Å². The molecule has 240 valence electrons. The van der Waals surface area contributed by atoms with Crippen LogP contribution in [0.5, 0.6) is 0 Å². The molecule has 3 aromatic heterocycles. The summed E-state index contributed by atoms with van der Waals surface area (Å²) in [5, 5.41) is 12.5.